The van der Waals surface area contributed by atoms with Crippen molar-refractivity contribution in [1.82, 2.24) is 0 Å². The van der Waals surface area contributed by atoms with Gasteiger partial charge in [0.2, 0.25) is 0 Å². The first-order valence-electron chi connectivity index (χ1n) is 10.6. The Kier molecular flexibility index (Phi) is 6.41. The van der Waals surface area contributed by atoms with E-state index in [1.165, 1.54) is 0 Å². The van der Waals surface area contributed by atoms with Gasteiger partial charge < -0.3 is 4.53 Å². The molecule has 4 heteroatoms. The van der Waals surface area contributed by atoms with Crippen LogP contribution in [0.1, 0.15) is 32.1 Å². The number of nitrogens with zero attached hydrogens (tertiary/aromatic N) is 2. The second kappa shape index (κ2) is 9.56. The lowest BCUT2D eigenvalue weighted by molar-refractivity contribution is 0.345. The summed E-state index contributed by atoms with van der Waals surface area (Å²) in [5, 5.41) is 17.7. The van der Waals surface area contributed by atoms with Gasteiger partial charge in [-0.2, -0.15) is 5.26 Å². The summed E-state index contributed by atoms with van der Waals surface area (Å²) in [5.74, 6) is 0.0380. The van der Waals surface area contributed by atoms with E-state index in [-0.39, 0.29) is 5.92 Å². The molecule has 3 nitrogen and oxygen atoms in total. The predicted octanol–water partition coefficient (Wildman–Crippen LogP) is 4.13. The molecular weight excluding hydrogens is 384 g/mol. The largest absolute Gasteiger partial charge is 0.438 e. The average molecular weight is 411 g/mol. The Labute approximate surface area is 179 Å². The Hall–Kier alpha value is -3.16. The van der Waals surface area contributed by atoms with E-state index in [9.17, 15) is 5.26 Å². The molecule has 1 saturated carbocycles. The molecule has 0 N–H and O–H groups in total. The number of benzene rings is 3. The van der Waals surface area contributed by atoms with E-state index >= 15 is 0 Å². The van der Waals surface area contributed by atoms with Crippen LogP contribution in [0.4, 0.5) is 0 Å². The summed E-state index contributed by atoms with van der Waals surface area (Å²) in [5.41, 5.74) is 1.01. The zero-order chi connectivity index (χ0) is 20.7. The first-order chi connectivity index (χ1) is 14.8. The highest BCUT2D eigenvalue weighted by Gasteiger charge is 2.45. The smallest absolute Gasteiger partial charge is 0.380 e. The fraction of sp³-hybridized carbons (Fsp3) is 0.231. The fourth-order valence-corrected chi connectivity index (χ4v) is 7.78. The molecule has 0 spiro atoms. The Bertz CT molecular complexity index is 917. The van der Waals surface area contributed by atoms with E-state index in [1.54, 1.807) is 0 Å². The molecule has 3 aromatic carbocycles. The van der Waals surface area contributed by atoms with Crippen molar-refractivity contribution < 1.29 is 4.53 Å². The van der Waals surface area contributed by atoms with Crippen LogP contribution in [-0.2, 0) is 4.53 Å². The molecule has 0 saturated heterocycles. The van der Waals surface area contributed by atoms with Crippen LogP contribution in [0, 0.1) is 17.2 Å². The average Bonchev–Trinajstić information content (AvgIpc) is 3.07. The van der Waals surface area contributed by atoms with Crippen LogP contribution >= 0.6 is 0 Å². The Morgan fingerprint density at radius 3 is 1.73 bits per heavy atom. The monoisotopic (exact) mass is 410 g/mol. The second-order valence-electron chi connectivity index (χ2n) is 7.80. The Morgan fingerprint density at radius 1 is 0.767 bits per heavy atom. The first kappa shape index (κ1) is 20.1. The summed E-state index contributed by atoms with van der Waals surface area (Å²) in [6, 6.07) is 33.8. The Morgan fingerprint density at radius 2 is 1.27 bits per heavy atom. The third-order valence-electron chi connectivity index (χ3n) is 5.79. The predicted molar refractivity (Wildman–Crippen MR) is 125 cm³/mol. The number of oxime groups is 1. The molecule has 0 aliphatic heterocycles. The van der Waals surface area contributed by atoms with Gasteiger partial charge in [-0.15, -0.1) is 5.16 Å². The van der Waals surface area contributed by atoms with Gasteiger partial charge in [0, 0.05) is 6.42 Å². The van der Waals surface area contributed by atoms with Crippen LogP contribution in [-0.4, -0.2) is 14.0 Å². The standard InChI is InChI=1S/C26H26N2OSi/c27-21-22-12-10-11-13-23(20-22)28-29-30(24-14-4-1-5-15-24,25-16-6-2-7-17-25)26-18-8-3-9-19-26/h1-9,14-19,22H,10-13,20H2/b28-23+. The molecule has 1 aliphatic rings. The van der Waals surface area contributed by atoms with Gasteiger partial charge in [0.25, 0.3) is 0 Å². The van der Waals surface area contributed by atoms with Crippen molar-refractivity contribution in [3.63, 3.8) is 0 Å². The first-order valence-corrected chi connectivity index (χ1v) is 12.5. The SMILES string of the molecule is N#CC1CCCC/C(=N\O[Si](c2ccccc2)(c2ccccc2)c2ccccc2)C1. The summed E-state index contributed by atoms with van der Waals surface area (Å²) < 4.78 is 6.69. The molecule has 1 aliphatic carbocycles. The molecule has 0 aromatic heterocycles. The van der Waals surface area contributed by atoms with Gasteiger partial charge in [0.05, 0.1) is 17.7 Å². The quantitative estimate of drug-likeness (QED) is 0.275. The third-order valence-corrected chi connectivity index (χ3v) is 9.59. The number of nitriles is 1. The summed E-state index contributed by atoms with van der Waals surface area (Å²) in [4.78, 5) is 0. The molecule has 0 heterocycles. The van der Waals surface area contributed by atoms with Crippen LogP contribution in [0.3, 0.4) is 0 Å². The maximum atomic E-state index is 9.46. The number of hydrogen-bond donors (Lipinski definition) is 0. The highest BCUT2D eigenvalue weighted by atomic mass is 28.4. The van der Waals surface area contributed by atoms with Crippen molar-refractivity contribution >= 4 is 29.6 Å². The molecule has 150 valence electrons. The van der Waals surface area contributed by atoms with E-state index < -0.39 is 8.32 Å². The van der Waals surface area contributed by atoms with E-state index in [0.29, 0.717) is 6.42 Å². The highest BCUT2D eigenvalue weighted by Crippen LogP contribution is 2.21. The van der Waals surface area contributed by atoms with Gasteiger partial charge >= 0.3 is 8.32 Å². The molecule has 4 rings (SSSR count). The van der Waals surface area contributed by atoms with Crippen LogP contribution in [0.5, 0.6) is 0 Å². The van der Waals surface area contributed by atoms with Crippen LogP contribution < -0.4 is 15.6 Å². The van der Waals surface area contributed by atoms with Crippen LogP contribution in [0.15, 0.2) is 96.2 Å². The van der Waals surface area contributed by atoms with Gasteiger partial charge in [-0.3, -0.25) is 0 Å². The van der Waals surface area contributed by atoms with Crippen molar-refractivity contribution in [3.8, 4) is 6.07 Å². The third kappa shape index (κ3) is 4.22. The fourth-order valence-electron chi connectivity index (χ4n) is 4.21. The molecule has 1 unspecified atom stereocenters. The molecule has 1 fully saturated rings. The van der Waals surface area contributed by atoms with E-state index in [0.717, 1.165) is 47.0 Å². The van der Waals surface area contributed by atoms with E-state index in [4.69, 9.17) is 9.68 Å². The lowest BCUT2D eigenvalue weighted by Gasteiger charge is -2.30. The van der Waals surface area contributed by atoms with Gasteiger partial charge in [0.1, 0.15) is 0 Å². The minimum Gasteiger partial charge on any atom is -0.438 e. The van der Waals surface area contributed by atoms with E-state index in [2.05, 4.69) is 78.9 Å². The normalized spacial score (nSPS) is 18.4. The molecule has 30 heavy (non-hydrogen) atoms. The second-order valence-corrected chi connectivity index (χ2v) is 11.1. The lowest BCUT2D eigenvalue weighted by atomic mass is 10.0. The van der Waals surface area contributed by atoms with Crippen LogP contribution in [0.25, 0.3) is 0 Å². The van der Waals surface area contributed by atoms with E-state index in [1.807, 2.05) is 18.2 Å². The van der Waals surface area contributed by atoms with Gasteiger partial charge in [-0.1, -0.05) is 97.4 Å². The minimum atomic E-state index is -2.83. The van der Waals surface area contributed by atoms with Crippen molar-refractivity contribution in [2.45, 2.75) is 32.1 Å². The molecule has 0 radical (unpaired) electrons. The van der Waals surface area contributed by atoms with Crippen LogP contribution in [0.2, 0.25) is 0 Å². The topological polar surface area (TPSA) is 45.4 Å². The summed E-state index contributed by atoms with van der Waals surface area (Å²) in [6.07, 6.45) is 4.71. The molecule has 0 bridgehead atoms. The maximum Gasteiger partial charge on any atom is 0.380 e. The van der Waals surface area contributed by atoms with Gasteiger partial charge in [-0.05, 0) is 34.8 Å². The van der Waals surface area contributed by atoms with Gasteiger partial charge in [0.15, 0.2) is 0 Å². The summed E-state index contributed by atoms with van der Waals surface area (Å²) >= 11 is 0. The number of hydrogen-bond acceptors (Lipinski definition) is 3. The number of rotatable bonds is 5. The lowest BCUT2D eigenvalue weighted by Crippen LogP contribution is -2.68. The van der Waals surface area contributed by atoms with Crippen molar-refractivity contribution in [1.29, 1.82) is 5.26 Å². The highest BCUT2D eigenvalue weighted by molar-refractivity contribution is 7.07. The molecule has 0 amide bonds. The molecule has 3 aromatic rings. The van der Waals surface area contributed by atoms with Crippen molar-refractivity contribution in [2.75, 3.05) is 0 Å². The minimum absolute atomic E-state index is 0.0380. The van der Waals surface area contributed by atoms with Crippen molar-refractivity contribution in [3.05, 3.63) is 91.0 Å². The zero-order valence-electron chi connectivity index (χ0n) is 17.1. The van der Waals surface area contributed by atoms with Crippen molar-refractivity contribution in [2.24, 2.45) is 11.1 Å². The maximum absolute atomic E-state index is 9.46. The summed E-state index contributed by atoms with van der Waals surface area (Å²) in [6.45, 7) is 0. The summed E-state index contributed by atoms with van der Waals surface area (Å²) in [7, 11) is -2.83. The molecule has 1 atom stereocenters. The molecular formula is C26H26N2OSi. The zero-order valence-corrected chi connectivity index (χ0v) is 18.1. The Balaban J connectivity index is 1.85. The van der Waals surface area contributed by atoms with Gasteiger partial charge in [-0.25, -0.2) is 0 Å².